The third kappa shape index (κ3) is 6.42. The van der Waals surface area contributed by atoms with Crippen molar-refractivity contribution in [3.05, 3.63) is 30.1 Å². The van der Waals surface area contributed by atoms with Crippen LogP contribution in [0.15, 0.2) is 24.5 Å². The highest BCUT2D eigenvalue weighted by atomic mass is 14.9. The predicted molar refractivity (Wildman–Crippen MR) is 74.1 cm³/mol. The quantitative estimate of drug-likeness (QED) is 0.844. The van der Waals surface area contributed by atoms with Gasteiger partial charge in [0.1, 0.15) is 0 Å². The van der Waals surface area contributed by atoms with E-state index in [1.807, 2.05) is 18.5 Å². The fourth-order valence-electron chi connectivity index (χ4n) is 2.48. The Morgan fingerprint density at radius 2 is 1.88 bits per heavy atom. The van der Waals surface area contributed by atoms with Crippen LogP contribution in [0.3, 0.4) is 0 Å². The molecule has 1 rings (SSSR count). The first-order valence-electron chi connectivity index (χ1n) is 6.42. The maximum Gasteiger partial charge on any atom is 0.0300 e. The van der Waals surface area contributed by atoms with Gasteiger partial charge in [-0.15, -0.1) is 0 Å². The third-order valence-corrected chi connectivity index (χ3v) is 2.71. The Kier molecular flexibility index (Phi) is 4.70. The van der Waals surface area contributed by atoms with Gasteiger partial charge >= 0.3 is 0 Å². The Hall–Kier alpha value is -0.890. The molecule has 1 heterocycles. The van der Waals surface area contributed by atoms with Crippen molar-refractivity contribution in [2.45, 2.75) is 53.0 Å². The van der Waals surface area contributed by atoms with Gasteiger partial charge in [0.2, 0.25) is 0 Å². The summed E-state index contributed by atoms with van der Waals surface area (Å²) in [6.07, 6.45) is 5.98. The zero-order valence-corrected chi connectivity index (χ0v) is 11.9. The van der Waals surface area contributed by atoms with Crippen LogP contribution < -0.4 is 5.32 Å². The van der Waals surface area contributed by atoms with Crippen molar-refractivity contribution in [2.24, 2.45) is 5.41 Å². The van der Waals surface area contributed by atoms with E-state index in [1.54, 1.807) is 0 Å². The standard InChI is InChI=1S/C15H26N2/c1-14(2,3)12-15(4,5)17-10-8-13-7-6-9-16-11-13/h6-7,9,11,17H,8,10,12H2,1-5H3. The number of hydrogen-bond acceptors (Lipinski definition) is 2. The van der Waals surface area contributed by atoms with Gasteiger partial charge in [-0.1, -0.05) is 26.8 Å². The molecule has 1 N–H and O–H groups in total. The van der Waals surface area contributed by atoms with Crippen LogP contribution in [0.4, 0.5) is 0 Å². The SMILES string of the molecule is CC(C)(C)CC(C)(C)NCCc1cccnc1. The smallest absolute Gasteiger partial charge is 0.0300 e. The summed E-state index contributed by atoms with van der Waals surface area (Å²) >= 11 is 0. The molecular weight excluding hydrogens is 208 g/mol. The molecule has 0 bridgehead atoms. The predicted octanol–water partition coefficient (Wildman–Crippen LogP) is 3.43. The van der Waals surface area contributed by atoms with E-state index in [4.69, 9.17) is 0 Å². The number of aromatic nitrogens is 1. The Morgan fingerprint density at radius 1 is 1.18 bits per heavy atom. The Labute approximate surface area is 106 Å². The summed E-state index contributed by atoms with van der Waals surface area (Å²) in [5, 5.41) is 3.64. The lowest BCUT2D eigenvalue weighted by Crippen LogP contribution is -2.43. The molecule has 0 aromatic carbocycles. The van der Waals surface area contributed by atoms with E-state index in [9.17, 15) is 0 Å². The van der Waals surface area contributed by atoms with Crippen molar-refractivity contribution < 1.29 is 0 Å². The van der Waals surface area contributed by atoms with E-state index < -0.39 is 0 Å². The topological polar surface area (TPSA) is 24.9 Å². The highest BCUT2D eigenvalue weighted by Gasteiger charge is 2.24. The van der Waals surface area contributed by atoms with Gasteiger partial charge in [-0.05, 0) is 50.3 Å². The molecule has 17 heavy (non-hydrogen) atoms. The zero-order chi connectivity index (χ0) is 12.9. The van der Waals surface area contributed by atoms with E-state index in [-0.39, 0.29) is 5.54 Å². The molecule has 1 aromatic heterocycles. The van der Waals surface area contributed by atoms with Crippen molar-refractivity contribution in [3.8, 4) is 0 Å². The molecule has 0 saturated heterocycles. The van der Waals surface area contributed by atoms with E-state index >= 15 is 0 Å². The van der Waals surface area contributed by atoms with Gasteiger partial charge in [0.05, 0.1) is 0 Å². The van der Waals surface area contributed by atoms with Gasteiger partial charge in [0, 0.05) is 17.9 Å². The van der Waals surface area contributed by atoms with E-state index in [2.05, 4.69) is 51.0 Å². The maximum atomic E-state index is 4.13. The molecule has 96 valence electrons. The van der Waals surface area contributed by atoms with Gasteiger partial charge in [0.25, 0.3) is 0 Å². The molecule has 0 radical (unpaired) electrons. The highest BCUT2D eigenvalue weighted by Crippen LogP contribution is 2.26. The summed E-state index contributed by atoms with van der Waals surface area (Å²) in [6.45, 7) is 12.4. The van der Waals surface area contributed by atoms with E-state index in [0.29, 0.717) is 5.41 Å². The summed E-state index contributed by atoms with van der Waals surface area (Å²) < 4.78 is 0. The van der Waals surface area contributed by atoms with E-state index in [1.165, 1.54) is 12.0 Å². The van der Waals surface area contributed by atoms with E-state index in [0.717, 1.165) is 13.0 Å². The summed E-state index contributed by atoms with van der Waals surface area (Å²) in [7, 11) is 0. The second kappa shape index (κ2) is 5.63. The lowest BCUT2D eigenvalue weighted by molar-refractivity contribution is 0.243. The first-order chi connectivity index (χ1) is 7.79. The average molecular weight is 234 g/mol. The molecule has 0 spiro atoms. The number of rotatable bonds is 5. The number of pyridine rings is 1. The lowest BCUT2D eigenvalue weighted by Gasteiger charge is -2.33. The van der Waals surface area contributed by atoms with Crippen LogP contribution in [0.25, 0.3) is 0 Å². The highest BCUT2D eigenvalue weighted by molar-refractivity contribution is 5.08. The fourth-order valence-corrected chi connectivity index (χ4v) is 2.48. The molecular formula is C15H26N2. The van der Waals surface area contributed by atoms with Crippen LogP contribution in [-0.4, -0.2) is 17.1 Å². The first kappa shape index (κ1) is 14.2. The van der Waals surface area contributed by atoms with Gasteiger partial charge in [-0.3, -0.25) is 4.98 Å². The lowest BCUT2D eigenvalue weighted by atomic mass is 9.82. The second-order valence-corrected chi connectivity index (χ2v) is 6.66. The Balaban J connectivity index is 2.35. The van der Waals surface area contributed by atoms with Crippen LogP contribution >= 0.6 is 0 Å². The molecule has 1 aromatic rings. The maximum absolute atomic E-state index is 4.13. The van der Waals surface area contributed by atoms with Crippen LogP contribution in [0, 0.1) is 5.41 Å². The molecule has 0 fully saturated rings. The molecule has 0 aliphatic carbocycles. The second-order valence-electron chi connectivity index (χ2n) is 6.66. The minimum atomic E-state index is 0.195. The van der Waals surface area contributed by atoms with Gasteiger partial charge in [-0.2, -0.15) is 0 Å². The largest absolute Gasteiger partial charge is 0.311 e. The van der Waals surface area contributed by atoms with Gasteiger partial charge in [0.15, 0.2) is 0 Å². The fraction of sp³-hybridized carbons (Fsp3) is 0.667. The molecule has 2 nitrogen and oxygen atoms in total. The van der Waals surface area contributed by atoms with Crippen LogP contribution in [0.1, 0.15) is 46.6 Å². The van der Waals surface area contributed by atoms with Crippen LogP contribution in [-0.2, 0) is 6.42 Å². The van der Waals surface area contributed by atoms with Crippen molar-refractivity contribution in [2.75, 3.05) is 6.54 Å². The molecule has 0 aliphatic heterocycles. The minimum Gasteiger partial charge on any atom is -0.311 e. The first-order valence-corrected chi connectivity index (χ1v) is 6.42. The van der Waals surface area contributed by atoms with Crippen molar-refractivity contribution in [1.29, 1.82) is 0 Å². The molecule has 0 aliphatic rings. The van der Waals surface area contributed by atoms with Gasteiger partial charge < -0.3 is 5.32 Å². The summed E-state index contributed by atoms with van der Waals surface area (Å²) in [5.41, 5.74) is 1.86. The van der Waals surface area contributed by atoms with Crippen molar-refractivity contribution in [3.63, 3.8) is 0 Å². The molecule has 0 amide bonds. The third-order valence-electron chi connectivity index (χ3n) is 2.71. The zero-order valence-electron chi connectivity index (χ0n) is 11.9. The Bertz CT molecular complexity index is 323. The Morgan fingerprint density at radius 3 is 2.41 bits per heavy atom. The molecule has 0 atom stereocenters. The number of hydrogen-bond donors (Lipinski definition) is 1. The van der Waals surface area contributed by atoms with Gasteiger partial charge in [-0.25, -0.2) is 0 Å². The van der Waals surface area contributed by atoms with Crippen molar-refractivity contribution in [1.82, 2.24) is 10.3 Å². The normalized spacial score (nSPS) is 12.8. The summed E-state index contributed by atoms with van der Waals surface area (Å²) in [6, 6.07) is 4.13. The summed E-state index contributed by atoms with van der Waals surface area (Å²) in [5.74, 6) is 0. The van der Waals surface area contributed by atoms with Crippen LogP contribution in [0.2, 0.25) is 0 Å². The molecule has 0 unspecified atom stereocenters. The van der Waals surface area contributed by atoms with Crippen LogP contribution in [0.5, 0.6) is 0 Å². The van der Waals surface area contributed by atoms with Crippen molar-refractivity contribution >= 4 is 0 Å². The molecule has 2 heteroatoms. The number of nitrogens with one attached hydrogen (secondary N) is 1. The monoisotopic (exact) mass is 234 g/mol. The summed E-state index contributed by atoms with van der Waals surface area (Å²) in [4.78, 5) is 4.13. The molecule has 0 saturated carbocycles. The number of nitrogens with zero attached hydrogens (tertiary/aromatic N) is 1. The minimum absolute atomic E-state index is 0.195. The average Bonchev–Trinajstić information content (AvgIpc) is 2.15.